The average molecular weight is 407 g/mol. The van der Waals surface area contributed by atoms with E-state index in [0.717, 1.165) is 32.1 Å². The Bertz CT molecular complexity index is 612. The van der Waals surface area contributed by atoms with E-state index in [2.05, 4.69) is 0 Å². The lowest BCUT2D eigenvalue weighted by Crippen LogP contribution is -2.54. The Kier molecular flexibility index (Phi) is 6.85. The van der Waals surface area contributed by atoms with Crippen LogP contribution in [-0.2, 0) is 23.9 Å². The van der Waals surface area contributed by atoms with E-state index in [1.807, 2.05) is 4.90 Å². The van der Waals surface area contributed by atoms with Crippen LogP contribution in [-0.4, -0.2) is 79.0 Å². The Balaban J connectivity index is 1.47. The second-order valence-electron chi connectivity index (χ2n) is 9.07. The SMILES string of the molecule is O=C1CO[C@@H]2CCCN(C(=O)[C@@H](CC(=O)N3CCOCC3)CC3CCCCC3)[C@H]12. The van der Waals surface area contributed by atoms with Crippen molar-refractivity contribution in [3.63, 3.8) is 0 Å². The summed E-state index contributed by atoms with van der Waals surface area (Å²) in [6.07, 6.45) is 8.51. The van der Waals surface area contributed by atoms with E-state index in [1.165, 1.54) is 19.3 Å². The summed E-state index contributed by atoms with van der Waals surface area (Å²) in [6.45, 7) is 3.04. The van der Waals surface area contributed by atoms with Gasteiger partial charge >= 0.3 is 0 Å². The van der Waals surface area contributed by atoms with E-state index in [0.29, 0.717) is 38.8 Å². The molecule has 3 saturated heterocycles. The molecule has 0 N–H and O–H groups in total. The highest BCUT2D eigenvalue weighted by Crippen LogP contribution is 2.34. The van der Waals surface area contributed by atoms with Crippen molar-refractivity contribution >= 4 is 17.6 Å². The number of fused-ring (bicyclic) bond motifs is 1. The van der Waals surface area contributed by atoms with Crippen LogP contribution >= 0.6 is 0 Å². The zero-order valence-corrected chi connectivity index (χ0v) is 17.4. The summed E-state index contributed by atoms with van der Waals surface area (Å²) in [4.78, 5) is 42.5. The third-order valence-electron chi connectivity index (χ3n) is 7.10. The fourth-order valence-electron chi connectivity index (χ4n) is 5.52. The summed E-state index contributed by atoms with van der Waals surface area (Å²) >= 11 is 0. The van der Waals surface area contributed by atoms with Gasteiger partial charge in [-0.25, -0.2) is 0 Å². The molecule has 4 rings (SSSR count). The number of Topliss-reactive ketones (excluding diaryl/α,β-unsaturated/α-hetero) is 1. The van der Waals surface area contributed by atoms with Crippen molar-refractivity contribution in [2.75, 3.05) is 39.5 Å². The van der Waals surface area contributed by atoms with E-state index in [9.17, 15) is 14.4 Å². The van der Waals surface area contributed by atoms with Crippen LogP contribution in [0.3, 0.4) is 0 Å². The van der Waals surface area contributed by atoms with Crippen molar-refractivity contribution in [2.45, 2.75) is 69.9 Å². The molecular weight excluding hydrogens is 372 g/mol. The summed E-state index contributed by atoms with van der Waals surface area (Å²) in [5, 5.41) is 0. The number of amides is 2. The number of nitrogens with zero attached hydrogens (tertiary/aromatic N) is 2. The third-order valence-corrected chi connectivity index (χ3v) is 7.10. The van der Waals surface area contributed by atoms with Crippen molar-refractivity contribution in [1.29, 1.82) is 0 Å². The Morgan fingerprint density at radius 3 is 2.52 bits per heavy atom. The monoisotopic (exact) mass is 406 g/mol. The number of morpholine rings is 1. The second kappa shape index (κ2) is 9.56. The lowest BCUT2D eigenvalue weighted by atomic mass is 9.80. The number of ether oxygens (including phenoxy) is 2. The van der Waals surface area contributed by atoms with Gasteiger partial charge in [-0.1, -0.05) is 32.1 Å². The van der Waals surface area contributed by atoms with Gasteiger partial charge in [0.15, 0.2) is 5.78 Å². The van der Waals surface area contributed by atoms with Crippen molar-refractivity contribution in [3.05, 3.63) is 0 Å². The summed E-state index contributed by atoms with van der Waals surface area (Å²) in [5.41, 5.74) is 0. The molecule has 0 bridgehead atoms. The van der Waals surface area contributed by atoms with Gasteiger partial charge in [0, 0.05) is 32.0 Å². The largest absolute Gasteiger partial charge is 0.378 e. The first kappa shape index (κ1) is 20.8. The molecule has 3 heterocycles. The number of ketones is 1. The molecule has 4 fully saturated rings. The van der Waals surface area contributed by atoms with Gasteiger partial charge in [0.05, 0.1) is 19.3 Å². The normalized spacial score (nSPS) is 29.6. The lowest BCUT2D eigenvalue weighted by Gasteiger charge is -2.38. The lowest BCUT2D eigenvalue weighted by molar-refractivity contribution is -0.149. The zero-order chi connectivity index (χ0) is 20.2. The minimum atomic E-state index is -0.441. The van der Waals surface area contributed by atoms with Crippen LogP contribution < -0.4 is 0 Å². The van der Waals surface area contributed by atoms with Gasteiger partial charge in [0.2, 0.25) is 11.8 Å². The molecule has 2 amide bonds. The molecule has 7 heteroatoms. The Morgan fingerprint density at radius 1 is 1.00 bits per heavy atom. The Labute approximate surface area is 173 Å². The highest BCUT2D eigenvalue weighted by Gasteiger charge is 2.46. The number of piperidine rings is 1. The van der Waals surface area contributed by atoms with E-state index in [1.54, 1.807) is 4.90 Å². The second-order valence-corrected chi connectivity index (χ2v) is 9.07. The quantitative estimate of drug-likeness (QED) is 0.696. The molecule has 3 atom stereocenters. The molecule has 0 spiro atoms. The van der Waals surface area contributed by atoms with Gasteiger partial charge < -0.3 is 19.3 Å². The average Bonchev–Trinajstić information content (AvgIpc) is 3.15. The van der Waals surface area contributed by atoms with Gasteiger partial charge in [-0.3, -0.25) is 14.4 Å². The van der Waals surface area contributed by atoms with Crippen molar-refractivity contribution < 1.29 is 23.9 Å². The molecule has 0 unspecified atom stereocenters. The minimum Gasteiger partial charge on any atom is -0.378 e. The summed E-state index contributed by atoms with van der Waals surface area (Å²) < 4.78 is 11.0. The van der Waals surface area contributed by atoms with E-state index in [-0.39, 0.29) is 42.6 Å². The number of carbonyl (C=O) groups is 3. The van der Waals surface area contributed by atoms with Gasteiger partial charge in [0.1, 0.15) is 12.6 Å². The van der Waals surface area contributed by atoms with Crippen LogP contribution in [0.1, 0.15) is 57.8 Å². The predicted octanol–water partition coefficient (Wildman–Crippen LogP) is 1.78. The van der Waals surface area contributed by atoms with Crippen molar-refractivity contribution in [2.24, 2.45) is 11.8 Å². The third kappa shape index (κ3) is 4.82. The molecule has 162 valence electrons. The summed E-state index contributed by atoms with van der Waals surface area (Å²) in [6, 6.07) is -0.441. The first-order valence-electron chi connectivity index (χ1n) is 11.4. The maximum Gasteiger partial charge on any atom is 0.226 e. The van der Waals surface area contributed by atoms with Crippen LogP contribution in [0.25, 0.3) is 0 Å². The van der Waals surface area contributed by atoms with E-state index < -0.39 is 6.04 Å². The highest BCUT2D eigenvalue weighted by atomic mass is 16.5. The van der Waals surface area contributed by atoms with E-state index in [4.69, 9.17) is 9.47 Å². The van der Waals surface area contributed by atoms with Crippen molar-refractivity contribution in [1.82, 2.24) is 9.80 Å². The first-order valence-corrected chi connectivity index (χ1v) is 11.4. The molecule has 0 radical (unpaired) electrons. The first-order chi connectivity index (χ1) is 14.1. The van der Waals surface area contributed by atoms with Crippen LogP contribution in [0.4, 0.5) is 0 Å². The van der Waals surface area contributed by atoms with Gasteiger partial charge in [-0.15, -0.1) is 0 Å². The maximum absolute atomic E-state index is 13.6. The number of hydrogen-bond donors (Lipinski definition) is 0. The number of hydrogen-bond acceptors (Lipinski definition) is 5. The molecular formula is C22H34N2O5. The Hall–Kier alpha value is -1.47. The highest BCUT2D eigenvalue weighted by molar-refractivity contribution is 5.93. The Morgan fingerprint density at radius 2 is 1.76 bits per heavy atom. The van der Waals surface area contributed by atoms with Crippen molar-refractivity contribution in [3.8, 4) is 0 Å². The molecule has 0 aromatic rings. The molecule has 7 nitrogen and oxygen atoms in total. The molecule has 4 aliphatic rings. The van der Waals surface area contributed by atoms with Gasteiger partial charge in [0.25, 0.3) is 0 Å². The smallest absolute Gasteiger partial charge is 0.226 e. The molecule has 0 aromatic heterocycles. The van der Waals surface area contributed by atoms with Gasteiger partial charge in [-0.2, -0.15) is 0 Å². The van der Waals surface area contributed by atoms with Gasteiger partial charge in [-0.05, 0) is 25.2 Å². The molecule has 1 saturated carbocycles. The van der Waals surface area contributed by atoms with Crippen LogP contribution in [0.5, 0.6) is 0 Å². The molecule has 29 heavy (non-hydrogen) atoms. The van der Waals surface area contributed by atoms with Crippen LogP contribution in [0.2, 0.25) is 0 Å². The van der Waals surface area contributed by atoms with Crippen LogP contribution in [0, 0.1) is 11.8 Å². The standard InChI is InChI=1S/C22H34N2O5/c25-18-15-29-19-7-4-8-24(21(18)19)22(27)17(13-16-5-2-1-3-6-16)14-20(26)23-9-11-28-12-10-23/h16-17,19,21H,1-15H2/t17-,19-,21-/m1/s1. The fourth-order valence-corrected chi connectivity index (χ4v) is 5.52. The predicted molar refractivity (Wildman–Crippen MR) is 106 cm³/mol. The molecule has 1 aliphatic carbocycles. The number of likely N-dealkylation sites (tertiary alicyclic amines) is 1. The summed E-state index contributed by atoms with van der Waals surface area (Å²) in [7, 11) is 0. The minimum absolute atomic E-state index is 0.00858. The molecule has 0 aromatic carbocycles. The molecule has 3 aliphatic heterocycles. The maximum atomic E-state index is 13.6. The topological polar surface area (TPSA) is 76.2 Å². The fraction of sp³-hybridized carbons (Fsp3) is 0.864. The summed E-state index contributed by atoms with van der Waals surface area (Å²) in [5.74, 6) is 0.224. The number of carbonyl (C=O) groups excluding carboxylic acids is 3. The number of rotatable bonds is 5. The van der Waals surface area contributed by atoms with Crippen LogP contribution in [0.15, 0.2) is 0 Å². The van der Waals surface area contributed by atoms with E-state index >= 15 is 0 Å². The zero-order valence-electron chi connectivity index (χ0n) is 17.4.